The van der Waals surface area contributed by atoms with Crippen LogP contribution in [0.4, 0.5) is 4.39 Å². The Kier molecular flexibility index (Phi) is 4.19. The van der Waals surface area contributed by atoms with Gasteiger partial charge in [-0.05, 0) is 41.1 Å². The fourth-order valence-electron chi connectivity index (χ4n) is 1.77. The molecule has 0 radical (unpaired) electrons. The van der Waals surface area contributed by atoms with E-state index in [1.165, 1.54) is 6.07 Å². The molecule has 1 heterocycles. The number of aliphatic hydroxyl groups excluding tert-OH is 1. The van der Waals surface area contributed by atoms with Crippen molar-refractivity contribution in [3.63, 3.8) is 0 Å². The topological polar surface area (TPSA) is 38.0 Å². The predicted octanol–water partition coefficient (Wildman–Crippen LogP) is 3.65. The number of hydrogen-bond donors (Lipinski definition) is 1. The number of aliphatic hydroxyl groups is 1. The van der Waals surface area contributed by atoms with Crippen molar-refractivity contribution >= 4 is 31.9 Å². The SMILES string of the molecule is CCn1ncc(Br)c1C(O)c1cc(Br)ccc1F. The Morgan fingerprint density at radius 3 is 2.83 bits per heavy atom. The zero-order valence-electron chi connectivity index (χ0n) is 9.57. The normalized spacial score (nSPS) is 12.7. The molecule has 96 valence electrons. The van der Waals surface area contributed by atoms with Crippen LogP contribution < -0.4 is 0 Å². The van der Waals surface area contributed by atoms with E-state index in [2.05, 4.69) is 37.0 Å². The van der Waals surface area contributed by atoms with Gasteiger partial charge in [0.15, 0.2) is 0 Å². The van der Waals surface area contributed by atoms with Crippen LogP contribution in [-0.4, -0.2) is 14.9 Å². The van der Waals surface area contributed by atoms with Crippen LogP contribution in [0.25, 0.3) is 0 Å². The molecule has 3 nitrogen and oxygen atoms in total. The first-order valence-corrected chi connectivity index (χ1v) is 6.97. The van der Waals surface area contributed by atoms with Gasteiger partial charge in [-0.15, -0.1) is 0 Å². The second-order valence-electron chi connectivity index (χ2n) is 3.76. The molecule has 2 aromatic rings. The van der Waals surface area contributed by atoms with E-state index < -0.39 is 11.9 Å². The Labute approximate surface area is 121 Å². The Morgan fingerprint density at radius 2 is 2.17 bits per heavy atom. The van der Waals surface area contributed by atoms with Crippen molar-refractivity contribution in [2.45, 2.75) is 19.6 Å². The van der Waals surface area contributed by atoms with Crippen molar-refractivity contribution in [1.29, 1.82) is 0 Å². The van der Waals surface area contributed by atoms with E-state index in [1.54, 1.807) is 23.0 Å². The minimum absolute atomic E-state index is 0.222. The van der Waals surface area contributed by atoms with Gasteiger partial charge in [0.05, 0.1) is 16.4 Å². The molecule has 0 fully saturated rings. The zero-order valence-corrected chi connectivity index (χ0v) is 12.7. The minimum Gasteiger partial charge on any atom is -0.382 e. The third kappa shape index (κ3) is 2.50. The van der Waals surface area contributed by atoms with Crippen molar-refractivity contribution in [2.24, 2.45) is 0 Å². The van der Waals surface area contributed by atoms with Crippen LogP contribution in [0.1, 0.15) is 24.3 Å². The van der Waals surface area contributed by atoms with Crippen LogP contribution in [-0.2, 0) is 6.54 Å². The molecule has 1 atom stereocenters. The van der Waals surface area contributed by atoms with Crippen molar-refractivity contribution < 1.29 is 9.50 Å². The summed E-state index contributed by atoms with van der Waals surface area (Å²) >= 11 is 6.59. The average molecular weight is 378 g/mol. The highest BCUT2D eigenvalue weighted by molar-refractivity contribution is 9.10. The van der Waals surface area contributed by atoms with Crippen molar-refractivity contribution in [2.75, 3.05) is 0 Å². The number of aromatic nitrogens is 2. The molecule has 0 aliphatic carbocycles. The molecule has 18 heavy (non-hydrogen) atoms. The standard InChI is InChI=1S/C12H11Br2FN2O/c1-2-17-11(9(14)6-16-17)12(18)8-5-7(13)3-4-10(8)15/h3-6,12,18H,2H2,1H3. The molecule has 1 unspecified atom stereocenters. The summed E-state index contributed by atoms with van der Waals surface area (Å²) in [4.78, 5) is 0. The molecule has 0 aliphatic heterocycles. The Bertz CT molecular complexity index is 571. The summed E-state index contributed by atoms with van der Waals surface area (Å²) in [7, 11) is 0. The maximum atomic E-state index is 13.8. The number of benzene rings is 1. The summed E-state index contributed by atoms with van der Waals surface area (Å²) in [6.07, 6.45) is 0.539. The average Bonchev–Trinajstić information content (AvgIpc) is 2.72. The Balaban J connectivity index is 2.50. The largest absolute Gasteiger partial charge is 0.382 e. The molecule has 0 spiro atoms. The van der Waals surface area contributed by atoms with Gasteiger partial charge >= 0.3 is 0 Å². The van der Waals surface area contributed by atoms with E-state index in [0.29, 0.717) is 16.7 Å². The van der Waals surface area contributed by atoms with Crippen LogP contribution in [0.15, 0.2) is 33.3 Å². The molecule has 2 rings (SSSR count). The van der Waals surface area contributed by atoms with Gasteiger partial charge in [-0.2, -0.15) is 5.10 Å². The first-order valence-electron chi connectivity index (χ1n) is 5.38. The summed E-state index contributed by atoms with van der Waals surface area (Å²) < 4.78 is 16.8. The summed E-state index contributed by atoms with van der Waals surface area (Å²) in [6.45, 7) is 2.51. The highest BCUT2D eigenvalue weighted by Crippen LogP contribution is 2.31. The van der Waals surface area contributed by atoms with Crippen molar-refractivity contribution in [3.05, 3.63) is 50.4 Å². The lowest BCUT2D eigenvalue weighted by molar-refractivity contribution is 0.202. The molecule has 1 aromatic carbocycles. The lowest BCUT2D eigenvalue weighted by atomic mass is 10.1. The molecule has 0 saturated carbocycles. The smallest absolute Gasteiger partial charge is 0.129 e. The monoisotopic (exact) mass is 376 g/mol. The van der Waals surface area contributed by atoms with E-state index in [-0.39, 0.29) is 5.56 Å². The summed E-state index contributed by atoms with van der Waals surface area (Å²) in [5, 5.41) is 14.4. The maximum absolute atomic E-state index is 13.8. The molecular weight excluding hydrogens is 367 g/mol. The highest BCUT2D eigenvalue weighted by atomic mass is 79.9. The lowest BCUT2D eigenvalue weighted by Crippen LogP contribution is -2.11. The van der Waals surface area contributed by atoms with E-state index in [4.69, 9.17) is 0 Å². The molecule has 0 aliphatic rings. The van der Waals surface area contributed by atoms with Crippen LogP contribution in [0.3, 0.4) is 0 Å². The van der Waals surface area contributed by atoms with Crippen LogP contribution in [0.5, 0.6) is 0 Å². The van der Waals surface area contributed by atoms with Gasteiger partial charge < -0.3 is 5.11 Å². The van der Waals surface area contributed by atoms with E-state index in [9.17, 15) is 9.50 Å². The number of hydrogen-bond acceptors (Lipinski definition) is 2. The molecule has 6 heteroatoms. The van der Waals surface area contributed by atoms with Crippen molar-refractivity contribution in [3.8, 4) is 0 Å². The fourth-order valence-corrected chi connectivity index (χ4v) is 2.66. The summed E-state index contributed by atoms with van der Waals surface area (Å²) in [5.74, 6) is -0.443. The third-order valence-corrected chi connectivity index (χ3v) is 3.75. The maximum Gasteiger partial charge on any atom is 0.129 e. The van der Waals surface area contributed by atoms with Crippen LogP contribution >= 0.6 is 31.9 Å². The lowest BCUT2D eigenvalue weighted by Gasteiger charge is -2.14. The first kappa shape index (κ1) is 13.7. The first-order chi connectivity index (χ1) is 8.54. The third-order valence-electron chi connectivity index (χ3n) is 2.64. The zero-order chi connectivity index (χ0) is 13.3. The van der Waals surface area contributed by atoms with E-state index in [0.717, 1.165) is 4.47 Å². The molecule has 0 amide bonds. The second kappa shape index (κ2) is 5.50. The molecule has 0 bridgehead atoms. The molecule has 1 N–H and O–H groups in total. The number of nitrogens with zero attached hydrogens (tertiary/aromatic N) is 2. The minimum atomic E-state index is -1.06. The van der Waals surface area contributed by atoms with Crippen LogP contribution in [0, 0.1) is 5.82 Å². The number of halogens is 3. The van der Waals surface area contributed by atoms with E-state index >= 15 is 0 Å². The van der Waals surface area contributed by atoms with Gasteiger partial charge in [-0.1, -0.05) is 15.9 Å². The van der Waals surface area contributed by atoms with Gasteiger partial charge in [0.25, 0.3) is 0 Å². The highest BCUT2D eigenvalue weighted by Gasteiger charge is 2.22. The van der Waals surface area contributed by atoms with Gasteiger partial charge in [-0.25, -0.2) is 4.39 Å². The van der Waals surface area contributed by atoms with Gasteiger partial charge in [-0.3, -0.25) is 4.68 Å². The van der Waals surface area contributed by atoms with Gasteiger partial charge in [0, 0.05) is 16.6 Å². The van der Waals surface area contributed by atoms with Gasteiger partial charge in [0.1, 0.15) is 11.9 Å². The quantitative estimate of drug-likeness (QED) is 0.886. The van der Waals surface area contributed by atoms with E-state index in [1.807, 2.05) is 6.92 Å². The van der Waals surface area contributed by atoms with Crippen molar-refractivity contribution in [1.82, 2.24) is 9.78 Å². The fraction of sp³-hybridized carbons (Fsp3) is 0.250. The molecule has 0 saturated heterocycles. The number of rotatable bonds is 3. The predicted molar refractivity (Wildman–Crippen MR) is 73.8 cm³/mol. The van der Waals surface area contributed by atoms with Gasteiger partial charge in [0.2, 0.25) is 0 Å². The summed E-state index contributed by atoms with van der Waals surface area (Å²) in [5.41, 5.74) is 0.773. The Morgan fingerprint density at radius 1 is 1.44 bits per heavy atom. The summed E-state index contributed by atoms with van der Waals surface area (Å²) in [6, 6.07) is 4.49. The van der Waals surface area contributed by atoms with Crippen LogP contribution in [0.2, 0.25) is 0 Å². The second-order valence-corrected chi connectivity index (χ2v) is 5.53. The number of aryl methyl sites for hydroxylation is 1. The Hall–Kier alpha value is -0.720. The molecule has 1 aromatic heterocycles. The molecular formula is C12H11Br2FN2O.